The summed E-state index contributed by atoms with van der Waals surface area (Å²) in [6, 6.07) is 0.273. The van der Waals surface area contributed by atoms with Crippen LogP contribution in [0.5, 0.6) is 0 Å². The average Bonchev–Trinajstić information content (AvgIpc) is 2.13. The van der Waals surface area contributed by atoms with E-state index in [0.29, 0.717) is 0 Å². The maximum atomic E-state index is 11.0. The number of nitrogens with two attached hydrogens (primary N) is 2. The van der Waals surface area contributed by atoms with Crippen molar-refractivity contribution in [1.29, 1.82) is 0 Å². The molecule has 6 heteroatoms. The molecule has 18 heavy (non-hydrogen) atoms. The van der Waals surface area contributed by atoms with E-state index in [2.05, 4.69) is 0 Å². The standard InChI is InChI=1S/C12H23N3O2.Zn/c13-11(16)8-15(9-12(14)17)10-6-4-2-1-3-5-7-10;/h10H,1-9H2,(H2,13,16)(H2,14,17);. The van der Waals surface area contributed by atoms with Crippen molar-refractivity contribution in [3.8, 4) is 0 Å². The van der Waals surface area contributed by atoms with Crippen LogP contribution in [0.1, 0.15) is 44.9 Å². The summed E-state index contributed by atoms with van der Waals surface area (Å²) < 4.78 is 0. The number of rotatable bonds is 5. The van der Waals surface area contributed by atoms with Crippen molar-refractivity contribution in [2.24, 2.45) is 11.5 Å². The molecule has 1 saturated carbocycles. The molecule has 0 radical (unpaired) electrons. The zero-order valence-corrected chi connectivity index (χ0v) is 14.0. The van der Waals surface area contributed by atoms with E-state index in [1.807, 2.05) is 4.90 Å². The van der Waals surface area contributed by atoms with Gasteiger partial charge in [-0.2, -0.15) is 0 Å². The first kappa shape index (κ1) is 17.5. The molecule has 1 aliphatic carbocycles. The quantitative estimate of drug-likeness (QED) is 0.719. The number of hydrogen-bond donors (Lipinski definition) is 2. The van der Waals surface area contributed by atoms with Crippen LogP contribution in [-0.2, 0) is 29.1 Å². The largest absolute Gasteiger partial charge is 0.369 e. The third-order valence-corrected chi connectivity index (χ3v) is 3.31. The van der Waals surface area contributed by atoms with Crippen LogP contribution >= 0.6 is 0 Å². The Labute approximate surface area is 121 Å². The van der Waals surface area contributed by atoms with Gasteiger partial charge in [0.25, 0.3) is 0 Å². The molecule has 0 unspecified atom stereocenters. The summed E-state index contributed by atoms with van der Waals surface area (Å²) in [6.45, 7) is 0.265. The van der Waals surface area contributed by atoms with Crippen LogP contribution in [-0.4, -0.2) is 35.8 Å². The van der Waals surface area contributed by atoms with E-state index in [0.717, 1.165) is 25.7 Å². The van der Waals surface area contributed by atoms with Gasteiger partial charge in [0.15, 0.2) is 0 Å². The molecule has 0 aliphatic heterocycles. The molecule has 1 fully saturated rings. The molecule has 4 N–H and O–H groups in total. The van der Waals surface area contributed by atoms with Gasteiger partial charge in [0.1, 0.15) is 0 Å². The second-order valence-corrected chi connectivity index (χ2v) is 4.84. The van der Waals surface area contributed by atoms with Gasteiger partial charge >= 0.3 is 0 Å². The summed E-state index contributed by atoms with van der Waals surface area (Å²) in [7, 11) is 0. The van der Waals surface area contributed by atoms with Crippen LogP contribution in [0.2, 0.25) is 0 Å². The molecule has 0 bridgehead atoms. The maximum absolute atomic E-state index is 11.0. The molecule has 0 spiro atoms. The van der Waals surface area contributed by atoms with E-state index in [1.54, 1.807) is 0 Å². The van der Waals surface area contributed by atoms with E-state index in [4.69, 9.17) is 11.5 Å². The van der Waals surface area contributed by atoms with Crippen LogP contribution in [0.4, 0.5) is 0 Å². The molecular weight excluding hydrogens is 284 g/mol. The van der Waals surface area contributed by atoms with Gasteiger partial charge in [-0.3, -0.25) is 14.5 Å². The molecule has 0 aromatic rings. The van der Waals surface area contributed by atoms with Crippen LogP contribution in [0.15, 0.2) is 0 Å². The van der Waals surface area contributed by atoms with Crippen molar-refractivity contribution in [2.45, 2.75) is 51.0 Å². The first-order valence-electron chi connectivity index (χ1n) is 6.40. The number of nitrogens with zero attached hydrogens (tertiary/aromatic N) is 1. The van der Waals surface area contributed by atoms with Crippen molar-refractivity contribution in [3.05, 3.63) is 0 Å². The van der Waals surface area contributed by atoms with Crippen LogP contribution in [0.3, 0.4) is 0 Å². The average molecular weight is 307 g/mol. The van der Waals surface area contributed by atoms with Gasteiger partial charge < -0.3 is 11.5 Å². The van der Waals surface area contributed by atoms with Crippen molar-refractivity contribution < 1.29 is 29.1 Å². The molecule has 1 rings (SSSR count). The predicted molar refractivity (Wildman–Crippen MR) is 66.1 cm³/mol. The summed E-state index contributed by atoms with van der Waals surface area (Å²) in [4.78, 5) is 23.9. The Bertz CT molecular complexity index is 250. The van der Waals surface area contributed by atoms with Gasteiger partial charge in [-0.1, -0.05) is 32.1 Å². The number of primary amides is 2. The fourth-order valence-corrected chi connectivity index (χ4v) is 2.51. The van der Waals surface area contributed by atoms with E-state index in [-0.39, 0.29) is 38.6 Å². The normalized spacial score (nSPS) is 17.6. The van der Waals surface area contributed by atoms with Crippen molar-refractivity contribution in [2.75, 3.05) is 13.1 Å². The Hall–Kier alpha value is -0.477. The Kier molecular flexibility index (Phi) is 9.20. The topological polar surface area (TPSA) is 89.4 Å². The minimum absolute atomic E-state index is 0. The zero-order chi connectivity index (χ0) is 12.7. The molecule has 0 heterocycles. The van der Waals surface area contributed by atoms with Gasteiger partial charge in [-0.05, 0) is 12.8 Å². The number of hydrogen-bond acceptors (Lipinski definition) is 3. The fraction of sp³-hybridized carbons (Fsp3) is 0.833. The van der Waals surface area contributed by atoms with E-state index in [1.165, 1.54) is 19.3 Å². The molecule has 0 aromatic carbocycles. The molecule has 100 valence electrons. The summed E-state index contributed by atoms with van der Waals surface area (Å²) in [5, 5.41) is 0. The summed E-state index contributed by atoms with van der Waals surface area (Å²) in [6.07, 6.45) is 8.12. The van der Waals surface area contributed by atoms with Crippen LogP contribution in [0.25, 0.3) is 0 Å². The van der Waals surface area contributed by atoms with Gasteiger partial charge in [0.05, 0.1) is 13.1 Å². The summed E-state index contributed by atoms with van der Waals surface area (Å²) >= 11 is 0. The zero-order valence-electron chi connectivity index (χ0n) is 11.1. The third kappa shape index (κ3) is 7.07. The van der Waals surface area contributed by atoms with Gasteiger partial charge in [-0.25, -0.2) is 0 Å². The molecule has 0 saturated heterocycles. The summed E-state index contributed by atoms with van der Waals surface area (Å²) in [5.74, 6) is -0.790. The summed E-state index contributed by atoms with van der Waals surface area (Å²) in [5.41, 5.74) is 10.4. The van der Waals surface area contributed by atoms with Crippen molar-refractivity contribution >= 4 is 11.8 Å². The second kappa shape index (κ2) is 9.45. The van der Waals surface area contributed by atoms with Gasteiger partial charge in [0, 0.05) is 25.5 Å². The van der Waals surface area contributed by atoms with Gasteiger partial charge in [0.2, 0.25) is 11.8 Å². The Morgan fingerprint density at radius 1 is 0.889 bits per heavy atom. The molecule has 1 aliphatic rings. The number of carbonyl (C=O) groups excluding carboxylic acids is 2. The second-order valence-electron chi connectivity index (χ2n) is 4.84. The predicted octanol–water partition coefficient (Wildman–Crippen LogP) is 0.369. The molecular formula is C12H23N3O2Zn. The molecule has 5 nitrogen and oxygen atoms in total. The number of carbonyl (C=O) groups is 2. The monoisotopic (exact) mass is 305 g/mol. The first-order chi connectivity index (χ1) is 8.09. The third-order valence-electron chi connectivity index (χ3n) is 3.31. The van der Waals surface area contributed by atoms with E-state index in [9.17, 15) is 9.59 Å². The minimum Gasteiger partial charge on any atom is -0.369 e. The minimum atomic E-state index is -0.395. The van der Waals surface area contributed by atoms with Crippen molar-refractivity contribution in [3.63, 3.8) is 0 Å². The van der Waals surface area contributed by atoms with E-state index < -0.39 is 11.8 Å². The maximum Gasteiger partial charge on any atom is 0.231 e. The fourth-order valence-electron chi connectivity index (χ4n) is 2.51. The Morgan fingerprint density at radius 3 is 1.67 bits per heavy atom. The smallest absolute Gasteiger partial charge is 0.231 e. The molecule has 0 atom stereocenters. The van der Waals surface area contributed by atoms with E-state index >= 15 is 0 Å². The van der Waals surface area contributed by atoms with Gasteiger partial charge in [-0.15, -0.1) is 0 Å². The van der Waals surface area contributed by atoms with Crippen molar-refractivity contribution in [1.82, 2.24) is 4.90 Å². The molecule has 0 aromatic heterocycles. The Balaban J connectivity index is 0.00000289. The van der Waals surface area contributed by atoms with Crippen LogP contribution in [0, 0.1) is 0 Å². The number of amides is 2. The Morgan fingerprint density at radius 2 is 1.28 bits per heavy atom. The first-order valence-corrected chi connectivity index (χ1v) is 6.40. The van der Waals surface area contributed by atoms with Crippen LogP contribution < -0.4 is 11.5 Å². The SMILES string of the molecule is NC(=O)CN(CC(N)=O)C1CCCCCCC1.[Zn]. The molecule has 2 amide bonds.